The van der Waals surface area contributed by atoms with Crippen molar-refractivity contribution >= 4 is 85.3 Å². The molecule has 31 nitrogen and oxygen atoms in total. The van der Waals surface area contributed by atoms with E-state index < -0.39 is 49.9 Å². The molecule has 0 saturated heterocycles. The molecule has 2 radical (unpaired) electrons. The van der Waals surface area contributed by atoms with Gasteiger partial charge in [-0.1, -0.05) is 96.9 Å². The van der Waals surface area contributed by atoms with Gasteiger partial charge in [-0.2, -0.15) is 15.0 Å². The number of para-hydroxylation sites is 3. The number of carbonyl (C=O) groups excluding carboxylic acids is 6. The number of unbranched alkanes of at least 4 members (excludes halogenated alkanes) is 4. The fourth-order valence-electron chi connectivity index (χ4n) is 8.77. The van der Waals surface area contributed by atoms with Crippen molar-refractivity contribution in [1.82, 2.24) is 61.3 Å². The van der Waals surface area contributed by atoms with E-state index in [-0.39, 0.29) is 189 Å². The molecule has 38 heteroatoms. The summed E-state index contributed by atoms with van der Waals surface area (Å²) in [4.78, 5) is 126. The average molecular weight is 1710 g/mol. The van der Waals surface area contributed by atoms with E-state index in [1.165, 1.54) is 73.2 Å². The Morgan fingerprint density at radius 2 is 0.798 bits per heavy atom. The summed E-state index contributed by atoms with van der Waals surface area (Å²) in [5, 5.41) is 50.8. The van der Waals surface area contributed by atoms with Gasteiger partial charge in [-0.05, 0) is 69.5 Å². The van der Waals surface area contributed by atoms with Gasteiger partial charge in [0.25, 0.3) is 52.3 Å². The maximum absolute atomic E-state index is 13.5. The van der Waals surface area contributed by atoms with Crippen LogP contribution in [0, 0.1) is 78.9 Å². The second-order valence-corrected chi connectivity index (χ2v) is 21.0. The second kappa shape index (κ2) is 49.0. The van der Waals surface area contributed by atoms with E-state index in [1.807, 2.05) is 0 Å². The molecule has 548 valence electrons. The first-order valence-corrected chi connectivity index (χ1v) is 30.4. The van der Waals surface area contributed by atoms with Gasteiger partial charge >= 0.3 is 0 Å². The number of aryl methyl sites for hydroxylation is 2. The molecule has 0 aliphatic heterocycles. The Morgan fingerprint density at radius 3 is 1.10 bits per heavy atom. The Bertz CT molecular complexity index is 4110. The van der Waals surface area contributed by atoms with Gasteiger partial charge in [-0.3, -0.25) is 74.1 Å². The van der Waals surface area contributed by atoms with Gasteiger partial charge in [0.05, 0.1) is 51.5 Å². The maximum atomic E-state index is 13.5. The summed E-state index contributed by atoms with van der Waals surface area (Å²) in [7, 11) is 3.75. The smallest absolute Gasteiger partial charge is 0.293 e. The number of hydrogen-bond acceptors (Lipinski definition) is 25. The van der Waals surface area contributed by atoms with E-state index in [2.05, 4.69) is 76.3 Å². The minimum absolute atomic E-state index is 0. The third-order valence-corrected chi connectivity index (χ3v) is 13.7. The molecular weight excluding hydrogens is 1630 g/mol. The summed E-state index contributed by atoms with van der Waals surface area (Å²) in [5.41, 5.74) is 6.78. The van der Waals surface area contributed by atoms with Crippen molar-refractivity contribution in [1.29, 1.82) is 1.34 Å². The number of nitrogens with two attached hydrogens (primary N) is 1. The Morgan fingerprint density at radius 1 is 0.490 bits per heavy atom. The van der Waals surface area contributed by atoms with Gasteiger partial charge in [-0.15, -0.1) is 24.8 Å². The molecule has 0 atom stereocenters. The van der Waals surface area contributed by atoms with E-state index in [9.17, 15) is 72.3 Å². The Kier molecular flexibility index (Phi) is 42.2. The third kappa shape index (κ3) is 31.3. The molecule has 6 aromatic heterocycles. The summed E-state index contributed by atoms with van der Waals surface area (Å²) in [6, 6.07) is 26.8. The molecule has 0 bridgehead atoms. The number of nitro benzene ring substituents is 3. The van der Waals surface area contributed by atoms with E-state index in [0.29, 0.717) is 93.9 Å². The van der Waals surface area contributed by atoms with Crippen molar-refractivity contribution in [3.8, 4) is 0 Å². The number of hydrogen-bond donors (Lipinski definition) is 4. The largest absolute Gasteiger partial charge is 0.343 e. The first kappa shape index (κ1) is 89.4. The zero-order chi connectivity index (χ0) is 73.5. The first-order valence-electron chi connectivity index (χ1n) is 31.0. The quantitative estimate of drug-likeness (QED) is 0.00977. The molecule has 0 saturated carbocycles. The Labute approximate surface area is 632 Å². The Balaban J connectivity index is 0.000000718. The average Bonchev–Trinajstić information content (AvgIpc) is 1.21. The van der Waals surface area contributed by atoms with Crippen LogP contribution in [0.3, 0.4) is 0 Å². The number of aromatic nitrogens is 9. The van der Waals surface area contributed by atoms with Crippen LogP contribution >= 0.6 is 24.8 Å². The summed E-state index contributed by atoms with van der Waals surface area (Å²) >= 11 is 0. The number of nitro groups is 3. The van der Waals surface area contributed by atoms with Crippen LogP contribution in [-0.2, 0) is 72.5 Å². The normalized spacial score (nSPS) is 10.0. The van der Waals surface area contributed by atoms with Gasteiger partial charge in [0.15, 0.2) is 5.78 Å². The molecule has 3 aromatic carbocycles. The maximum Gasteiger partial charge on any atom is 0.293 e. The van der Waals surface area contributed by atoms with Crippen LogP contribution < -0.4 is 21.7 Å². The number of nitrogens with one attached hydrogen (secondary N) is 3. The van der Waals surface area contributed by atoms with Gasteiger partial charge in [0.1, 0.15) is 29.0 Å². The van der Waals surface area contributed by atoms with Crippen LogP contribution in [0.5, 0.6) is 0 Å². The number of nitrogens with zero attached hydrogens (tertiary/aromatic N) is 12. The van der Waals surface area contributed by atoms with Gasteiger partial charge in [0, 0.05) is 151 Å². The van der Waals surface area contributed by atoms with Gasteiger partial charge in [0.2, 0.25) is 17.7 Å². The van der Waals surface area contributed by atoms with Crippen molar-refractivity contribution in [2.75, 3.05) is 6.54 Å². The minimum atomic E-state index is -0.601. The number of Topliss-reactive ketones (excluding diaryl/α,β-unsaturated/α-hetero) is 2. The molecule has 3 amide bonds. The molecule has 0 aliphatic carbocycles. The number of carbonyl (C=O) groups is 6. The SMILES string of the molecule is C.C=CC(=O)Cc1ccccc1[N+](=O)[O-].Cl.Cl.NCCc1nc(C(=O)NCc2ncccc2F)no1.O=C(CCCCCc1nc(C(=O)NCc2ncccc2F)no1)Cc1ccccc1[N+](=O)[O-].O=C(CCCCCc1nc(C(=O)NCc2ncccc2F)no1)Cc1ccccc1[N+](=O)[O-].[2H][B].[U]. The van der Waals surface area contributed by atoms with Gasteiger partial charge in [-0.25, -0.2) is 13.2 Å². The minimum Gasteiger partial charge on any atom is -0.343 e. The standard InChI is InChI=1S/2C22H22FN5O5.C11H12FN5O2.C10H9NO3.CH4.BH.2ClH.U/c2*23-17-9-6-12-24-18(17)14-25-22(30)21-26-20(33-27-21)11-3-1-2-8-16(29)13-15-7-4-5-10-19(15)28(31)32;12-7-2-1-5-14-8(7)6-15-11(18)10-16-9(3-4-13)19-17-10;1-2-9(12)7-8-5-3-4-6-10(8)11(13)14;;;;;/h2*4-7,9-10,12H,1-3,8,11,13-14H2,(H,25,30);1-2,5H,3-4,6,13H2,(H,15,18);2-6H,1,7H2;1H4;3*1H;/i;;;;;1D;;;. The van der Waals surface area contributed by atoms with Crippen LogP contribution in [0.15, 0.2) is 154 Å². The monoisotopic (exact) mass is 1710 g/mol. The van der Waals surface area contributed by atoms with Crippen LogP contribution in [0.1, 0.15) is 142 Å². The summed E-state index contributed by atoms with van der Waals surface area (Å²) in [5.74, 6) is -3.19. The molecule has 104 heavy (non-hydrogen) atoms. The van der Waals surface area contributed by atoms with E-state index >= 15 is 0 Å². The molecule has 0 spiro atoms. The van der Waals surface area contributed by atoms with Crippen LogP contribution in [0.4, 0.5) is 30.2 Å². The van der Waals surface area contributed by atoms with Crippen LogP contribution in [-0.4, -0.2) is 111 Å². The molecule has 6 heterocycles. The molecule has 9 aromatic rings. The molecule has 9 rings (SSSR count). The second-order valence-electron chi connectivity index (χ2n) is 21.0. The van der Waals surface area contributed by atoms with E-state index in [1.54, 1.807) is 54.6 Å². The molecule has 0 fully saturated rings. The summed E-state index contributed by atoms with van der Waals surface area (Å²) in [6.45, 7) is 3.41. The topological polar surface area (TPSA) is 449 Å². The van der Waals surface area contributed by atoms with Crippen molar-refractivity contribution in [3.63, 3.8) is 0 Å². The summed E-state index contributed by atoms with van der Waals surface area (Å²) < 4.78 is 60.5. The van der Waals surface area contributed by atoms with Crippen molar-refractivity contribution < 1.29 is 101 Å². The predicted molar refractivity (Wildman–Crippen MR) is 370 cm³/mol. The van der Waals surface area contributed by atoms with Crippen LogP contribution in [0.25, 0.3) is 0 Å². The molecule has 0 aliphatic rings. The number of pyridine rings is 3. The third-order valence-electron chi connectivity index (χ3n) is 13.7. The molecule has 5 N–H and O–H groups in total. The predicted octanol–water partition coefficient (Wildman–Crippen LogP) is 9.47. The Hall–Kier alpha value is -10.7. The number of rotatable bonds is 33. The number of benzene rings is 3. The number of halogens is 5. The molecule has 0 unspecified atom stereocenters. The van der Waals surface area contributed by atoms with E-state index in [0.717, 1.165) is 6.08 Å². The summed E-state index contributed by atoms with van der Waals surface area (Å²) in [6.07, 6.45) is 11.5. The molecular formula is C66H72BCl2F3N16O15U. The zero-order valence-corrected chi connectivity index (χ0v) is 60.5. The fourth-order valence-corrected chi connectivity index (χ4v) is 8.77. The van der Waals surface area contributed by atoms with Crippen LogP contribution in [0.2, 0.25) is 0 Å². The van der Waals surface area contributed by atoms with Crippen molar-refractivity contribution in [3.05, 3.63) is 257 Å². The first-order chi connectivity index (χ1) is 48.7. The zero-order valence-electron chi connectivity index (χ0n) is 55.7. The number of allylic oxidation sites excluding steroid dienone is 1. The number of ketones is 3. The van der Waals surface area contributed by atoms with Gasteiger partial charge < -0.3 is 35.3 Å². The van der Waals surface area contributed by atoms with Crippen molar-refractivity contribution in [2.45, 2.75) is 117 Å². The van der Waals surface area contributed by atoms with E-state index in [4.69, 9.17) is 20.6 Å². The number of amides is 3. The van der Waals surface area contributed by atoms with Crippen molar-refractivity contribution in [2.24, 2.45) is 5.73 Å². The fraction of sp³-hybridized carbons (Fsp3) is 0.288.